The van der Waals surface area contributed by atoms with Gasteiger partial charge in [0.2, 0.25) is 0 Å². The molecule has 2 aromatic carbocycles. The minimum atomic E-state index is -0.291. The minimum Gasteiger partial charge on any atom is -0.496 e. The fraction of sp³-hybridized carbons (Fsp3) is 0.444. The fourth-order valence-corrected chi connectivity index (χ4v) is 6.47. The maximum atomic E-state index is 13.2. The molecule has 4 heteroatoms. The van der Waals surface area contributed by atoms with Crippen molar-refractivity contribution < 1.29 is 18.7 Å². The molecular formula is C27H29FO3. The van der Waals surface area contributed by atoms with E-state index in [2.05, 4.69) is 0 Å². The number of hydrogen-bond donors (Lipinski definition) is 0. The van der Waals surface area contributed by atoms with E-state index in [4.69, 9.17) is 9.47 Å². The van der Waals surface area contributed by atoms with Gasteiger partial charge < -0.3 is 9.47 Å². The Morgan fingerprint density at radius 1 is 1.03 bits per heavy atom. The molecule has 0 saturated heterocycles. The molecule has 0 atom stereocenters. The number of ketones is 1. The number of rotatable bonds is 7. The first kappa shape index (κ1) is 20.3. The first-order chi connectivity index (χ1) is 15.0. The summed E-state index contributed by atoms with van der Waals surface area (Å²) in [6.45, 7) is 0.305. The predicted molar refractivity (Wildman–Crippen MR) is 118 cm³/mol. The lowest BCUT2D eigenvalue weighted by atomic mass is 9.48. The number of methoxy groups -OCH3 is 1. The average Bonchev–Trinajstić information content (AvgIpc) is 2.76. The molecular weight excluding hydrogens is 391 g/mol. The minimum absolute atomic E-state index is 0.105. The van der Waals surface area contributed by atoms with Crippen molar-refractivity contribution in [2.24, 2.45) is 23.2 Å². The van der Waals surface area contributed by atoms with Crippen LogP contribution in [-0.2, 0) is 11.4 Å². The van der Waals surface area contributed by atoms with Crippen LogP contribution in [0, 0.1) is 29.0 Å². The van der Waals surface area contributed by atoms with E-state index in [0.29, 0.717) is 18.1 Å². The number of allylic oxidation sites excluding steroid dienone is 1. The highest BCUT2D eigenvalue weighted by atomic mass is 19.1. The van der Waals surface area contributed by atoms with Crippen molar-refractivity contribution in [2.45, 2.75) is 45.1 Å². The number of carbonyl (C=O) groups excluding carboxylic acids is 1. The van der Waals surface area contributed by atoms with Gasteiger partial charge in [-0.25, -0.2) is 4.39 Å². The molecule has 162 valence electrons. The Kier molecular flexibility index (Phi) is 5.33. The van der Waals surface area contributed by atoms with E-state index in [0.717, 1.165) is 53.9 Å². The van der Waals surface area contributed by atoms with Crippen LogP contribution >= 0.6 is 0 Å². The molecule has 0 amide bonds. The van der Waals surface area contributed by atoms with E-state index in [-0.39, 0.29) is 11.2 Å². The second-order valence-corrected chi connectivity index (χ2v) is 9.71. The van der Waals surface area contributed by atoms with Crippen LogP contribution < -0.4 is 9.47 Å². The monoisotopic (exact) mass is 420 g/mol. The summed E-state index contributed by atoms with van der Waals surface area (Å²) in [7, 11) is 1.63. The molecule has 0 heterocycles. The zero-order chi connectivity index (χ0) is 21.4. The third-order valence-electron chi connectivity index (χ3n) is 7.50. The van der Waals surface area contributed by atoms with E-state index in [1.165, 1.54) is 31.4 Å². The summed E-state index contributed by atoms with van der Waals surface area (Å²) < 4.78 is 24.4. The van der Waals surface area contributed by atoms with Crippen LogP contribution in [0.15, 0.2) is 48.5 Å². The Hall–Kier alpha value is -2.62. The molecule has 4 saturated carbocycles. The summed E-state index contributed by atoms with van der Waals surface area (Å²) in [5.41, 5.74) is 1.74. The largest absolute Gasteiger partial charge is 0.496 e. The maximum Gasteiger partial charge on any atom is 0.161 e. The molecule has 0 aliphatic heterocycles. The number of ether oxygens (including phenoxy) is 2. The lowest BCUT2D eigenvalue weighted by Crippen LogP contribution is -2.49. The topological polar surface area (TPSA) is 35.5 Å². The van der Waals surface area contributed by atoms with Crippen LogP contribution in [0.1, 0.15) is 49.7 Å². The third-order valence-corrected chi connectivity index (χ3v) is 7.50. The Bertz CT molecular complexity index is 957. The quantitative estimate of drug-likeness (QED) is 0.500. The van der Waals surface area contributed by atoms with Gasteiger partial charge in [0, 0.05) is 11.0 Å². The van der Waals surface area contributed by atoms with Gasteiger partial charge in [-0.2, -0.15) is 0 Å². The number of hydrogen-bond acceptors (Lipinski definition) is 3. The van der Waals surface area contributed by atoms with Gasteiger partial charge in [-0.15, -0.1) is 0 Å². The van der Waals surface area contributed by atoms with Gasteiger partial charge >= 0.3 is 0 Å². The predicted octanol–water partition coefficient (Wildman–Crippen LogP) is 6.21. The van der Waals surface area contributed by atoms with Crippen molar-refractivity contribution in [2.75, 3.05) is 7.11 Å². The van der Waals surface area contributed by atoms with E-state index in [1.807, 2.05) is 24.3 Å². The van der Waals surface area contributed by atoms with Gasteiger partial charge in [-0.3, -0.25) is 4.79 Å². The number of halogens is 1. The molecule has 4 fully saturated rings. The van der Waals surface area contributed by atoms with Crippen LogP contribution in [-0.4, -0.2) is 12.9 Å². The van der Waals surface area contributed by atoms with Crippen molar-refractivity contribution in [3.63, 3.8) is 0 Å². The SMILES string of the molecule is COc1ccc(C=CC(=O)C23CC4CC(CC(C4)C2)C3)cc1COc1ccc(F)cc1. The molecule has 31 heavy (non-hydrogen) atoms. The molecule has 0 spiro atoms. The van der Waals surface area contributed by atoms with Gasteiger partial charge in [-0.1, -0.05) is 12.1 Å². The summed E-state index contributed by atoms with van der Waals surface area (Å²) in [6.07, 6.45) is 11.0. The van der Waals surface area contributed by atoms with Gasteiger partial charge in [0.1, 0.15) is 23.9 Å². The third kappa shape index (κ3) is 4.13. The lowest BCUT2D eigenvalue weighted by molar-refractivity contribution is -0.138. The first-order valence-corrected chi connectivity index (χ1v) is 11.3. The molecule has 4 bridgehead atoms. The molecule has 3 nitrogen and oxygen atoms in total. The zero-order valence-corrected chi connectivity index (χ0v) is 18.0. The van der Waals surface area contributed by atoms with Crippen LogP contribution in [0.3, 0.4) is 0 Å². The normalized spacial score (nSPS) is 28.8. The number of carbonyl (C=O) groups is 1. The Labute approximate surface area is 183 Å². The van der Waals surface area contributed by atoms with Gasteiger partial charge in [0.15, 0.2) is 5.78 Å². The van der Waals surface area contributed by atoms with Crippen LogP contribution in [0.25, 0.3) is 6.08 Å². The van der Waals surface area contributed by atoms with Gasteiger partial charge in [0.05, 0.1) is 7.11 Å². The van der Waals surface area contributed by atoms with Crippen molar-refractivity contribution in [1.29, 1.82) is 0 Å². The molecule has 0 N–H and O–H groups in total. The Morgan fingerprint density at radius 3 is 2.29 bits per heavy atom. The average molecular weight is 421 g/mol. The maximum absolute atomic E-state index is 13.2. The highest BCUT2D eigenvalue weighted by molar-refractivity contribution is 5.98. The van der Waals surface area contributed by atoms with Crippen LogP contribution in [0.4, 0.5) is 4.39 Å². The molecule has 2 aromatic rings. The summed E-state index contributed by atoms with van der Waals surface area (Å²) in [5.74, 6) is 3.64. The summed E-state index contributed by atoms with van der Waals surface area (Å²) in [6, 6.07) is 11.8. The second kappa shape index (κ2) is 8.14. The van der Waals surface area contributed by atoms with Crippen molar-refractivity contribution >= 4 is 11.9 Å². The van der Waals surface area contributed by atoms with Crippen molar-refractivity contribution in [3.05, 3.63) is 65.5 Å². The van der Waals surface area contributed by atoms with E-state index >= 15 is 0 Å². The van der Waals surface area contributed by atoms with E-state index in [9.17, 15) is 9.18 Å². The standard InChI is InChI=1S/C27H29FO3/c1-30-25-8-2-18(13-22(25)17-31-24-6-4-23(28)5-7-24)3-9-26(29)27-14-19-10-20(15-27)12-21(11-19)16-27/h2-9,13,19-21H,10-12,14-17H2,1H3. The first-order valence-electron chi connectivity index (χ1n) is 11.3. The summed E-state index contributed by atoms with van der Waals surface area (Å²) >= 11 is 0. The molecule has 4 aliphatic carbocycles. The second-order valence-electron chi connectivity index (χ2n) is 9.71. The lowest BCUT2D eigenvalue weighted by Gasteiger charge is -2.55. The Balaban J connectivity index is 1.30. The summed E-state index contributed by atoms with van der Waals surface area (Å²) in [5, 5.41) is 0. The number of benzene rings is 2. The van der Waals surface area contributed by atoms with Crippen LogP contribution in [0.5, 0.6) is 11.5 Å². The molecule has 0 aromatic heterocycles. The van der Waals surface area contributed by atoms with E-state index < -0.39 is 0 Å². The van der Waals surface area contributed by atoms with E-state index in [1.54, 1.807) is 25.3 Å². The Morgan fingerprint density at radius 2 is 1.68 bits per heavy atom. The van der Waals surface area contributed by atoms with Crippen molar-refractivity contribution in [3.8, 4) is 11.5 Å². The molecule has 6 rings (SSSR count). The summed E-state index contributed by atoms with van der Waals surface area (Å²) in [4.78, 5) is 13.2. The van der Waals surface area contributed by atoms with Crippen LogP contribution in [0.2, 0.25) is 0 Å². The van der Waals surface area contributed by atoms with Gasteiger partial charge in [0.25, 0.3) is 0 Å². The highest BCUT2D eigenvalue weighted by Crippen LogP contribution is 2.60. The fourth-order valence-electron chi connectivity index (χ4n) is 6.47. The zero-order valence-electron chi connectivity index (χ0n) is 18.0. The molecule has 4 aliphatic rings. The van der Waals surface area contributed by atoms with Crippen molar-refractivity contribution in [1.82, 2.24) is 0 Å². The molecule has 0 unspecified atom stereocenters. The molecule has 0 radical (unpaired) electrons. The highest BCUT2D eigenvalue weighted by Gasteiger charge is 2.53. The van der Waals surface area contributed by atoms with Gasteiger partial charge in [-0.05, 0) is 104 Å². The smallest absolute Gasteiger partial charge is 0.161 e.